The number of hydrogen-bond donors (Lipinski definition) is 2. The Balaban J connectivity index is 1.78. The van der Waals surface area contributed by atoms with Crippen molar-refractivity contribution in [3.63, 3.8) is 0 Å². The van der Waals surface area contributed by atoms with Gasteiger partial charge in [0.15, 0.2) is 0 Å². The van der Waals surface area contributed by atoms with E-state index < -0.39 is 0 Å². The molecule has 3 aromatic rings. The zero-order valence-electron chi connectivity index (χ0n) is 13.6. The lowest BCUT2D eigenvalue weighted by molar-refractivity contribution is -0.115. The first kappa shape index (κ1) is 16.2. The number of fused-ring (bicyclic) bond motifs is 1. The van der Waals surface area contributed by atoms with Crippen molar-refractivity contribution in [2.45, 2.75) is 20.3 Å². The molecular weight excluding hydrogens is 326 g/mol. The number of ether oxygens (including phenoxy) is 1. The topological polar surface area (TPSA) is 84.1 Å². The summed E-state index contributed by atoms with van der Waals surface area (Å²) in [4.78, 5) is 33.2. The highest BCUT2D eigenvalue weighted by Crippen LogP contribution is 2.25. The predicted molar refractivity (Wildman–Crippen MR) is 95.0 cm³/mol. The Labute approximate surface area is 142 Å². The number of carbonyl (C=O) groups excluding carboxylic acids is 1. The van der Waals surface area contributed by atoms with E-state index in [0.29, 0.717) is 27.5 Å². The fourth-order valence-corrected chi connectivity index (χ4v) is 3.46. The van der Waals surface area contributed by atoms with Gasteiger partial charge in [0.25, 0.3) is 5.56 Å². The highest BCUT2D eigenvalue weighted by Gasteiger charge is 2.13. The van der Waals surface area contributed by atoms with Gasteiger partial charge in [0.1, 0.15) is 16.4 Å². The highest BCUT2D eigenvalue weighted by molar-refractivity contribution is 7.18. The molecular formula is C17H17N3O3S. The van der Waals surface area contributed by atoms with Crippen molar-refractivity contribution < 1.29 is 9.53 Å². The Kier molecular flexibility index (Phi) is 4.35. The normalized spacial score (nSPS) is 10.8. The molecule has 0 radical (unpaired) electrons. The van der Waals surface area contributed by atoms with Crippen LogP contribution < -0.4 is 15.6 Å². The van der Waals surface area contributed by atoms with Crippen LogP contribution in [0.1, 0.15) is 16.3 Å². The van der Waals surface area contributed by atoms with Crippen LogP contribution in [0.4, 0.5) is 5.69 Å². The number of benzene rings is 1. The zero-order valence-corrected chi connectivity index (χ0v) is 14.4. The molecule has 1 amide bonds. The first-order chi connectivity index (χ1) is 11.5. The van der Waals surface area contributed by atoms with E-state index in [9.17, 15) is 9.59 Å². The maximum atomic E-state index is 12.2. The summed E-state index contributed by atoms with van der Waals surface area (Å²) in [6.07, 6.45) is 0.00715. The third-order valence-electron chi connectivity index (χ3n) is 3.79. The summed E-state index contributed by atoms with van der Waals surface area (Å²) in [7, 11) is 1.58. The molecule has 124 valence electrons. The number of H-pyrrole nitrogens is 1. The van der Waals surface area contributed by atoms with Gasteiger partial charge in [-0.05, 0) is 43.7 Å². The van der Waals surface area contributed by atoms with Crippen LogP contribution in [0.15, 0.2) is 29.1 Å². The van der Waals surface area contributed by atoms with E-state index >= 15 is 0 Å². The molecule has 0 atom stereocenters. The van der Waals surface area contributed by atoms with E-state index in [2.05, 4.69) is 15.3 Å². The summed E-state index contributed by atoms with van der Waals surface area (Å²) in [5.74, 6) is 0.834. The van der Waals surface area contributed by atoms with E-state index in [4.69, 9.17) is 4.74 Å². The fourth-order valence-electron chi connectivity index (χ4n) is 2.41. The van der Waals surface area contributed by atoms with E-state index in [-0.39, 0.29) is 17.9 Å². The lowest BCUT2D eigenvalue weighted by Gasteiger charge is -2.06. The Morgan fingerprint density at radius 3 is 2.67 bits per heavy atom. The van der Waals surface area contributed by atoms with Crippen LogP contribution in [0.25, 0.3) is 10.2 Å². The van der Waals surface area contributed by atoms with Crippen LogP contribution in [0.2, 0.25) is 0 Å². The van der Waals surface area contributed by atoms with Crippen molar-refractivity contribution in [1.82, 2.24) is 9.97 Å². The molecule has 2 heterocycles. The molecule has 0 spiro atoms. The monoisotopic (exact) mass is 343 g/mol. The van der Waals surface area contributed by atoms with E-state index in [1.165, 1.54) is 11.3 Å². The highest BCUT2D eigenvalue weighted by atomic mass is 32.1. The molecule has 0 fully saturated rings. The van der Waals surface area contributed by atoms with Crippen LogP contribution in [0, 0.1) is 13.8 Å². The quantitative estimate of drug-likeness (QED) is 0.763. The van der Waals surface area contributed by atoms with E-state index in [0.717, 1.165) is 10.4 Å². The summed E-state index contributed by atoms with van der Waals surface area (Å²) in [6.45, 7) is 3.86. The predicted octanol–water partition coefficient (Wildman–Crippen LogP) is 2.79. The summed E-state index contributed by atoms with van der Waals surface area (Å²) in [5, 5.41) is 3.38. The molecule has 0 aliphatic heterocycles. The van der Waals surface area contributed by atoms with Gasteiger partial charge in [-0.1, -0.05) is 0 Å². The second-order valence-corrected chi connectivity index (χ2v) is 6.63. The molecule has 2 aromatic heterocycles. The summed E-state index contributed by atoms with van der Waals surface area (Å²) in [5.41, 5.74) is 1.40. The second kappa shape index (κ2) is 6.45. The molecule has 1 aromatic carbocycles. The van der Waals surface area contributed by atoms with Gasteiger partial charge < -0.3 is 15.0 Å². The number of amides is 1. The van der Waals surface area contributed by atoms with Crippen LogP contribution in [0.3, 0.4) is 0 Å². The van der Waals surface area contributed by atoms with Gasteiger partial charge in [-0.2, -0.15) is 0 Å². The fraction of sp³-hybridized carbons (Fsp3) is 0.235. The Morgan fingerprint density at radius 1 is 1.29 bits per heavy atom. The summed E-state index contributed by atoms with van der Waals surface area (Å²) >= 11 is 1.47. The maximum absolute atomic E-state index is 12.2. The number of anilines is 1. The van der Waals surface area contributed by atoms with Gasteiger partial charge in [0, 0.05) is 10.6 Å². The van der Waals surface area contributed by atoms with Crippen LogP contribution in [-0.4, -0.2) is 23.0 Å². The van der Waals surface area contributed by atoms with Gasteiger partial charge in [-0.25, -0.2) is 4.98 Å². The number of carbonyl (C=O) groups is 1. The minimum atomic E-state index is -0.243. The molecule has 0 aliphatic rings. The number of nitrogens with zero attached hydrogens (tertiary/aromatic N) is 1. The Bertz CT molecular complexity index is 958. The van der Waals surface area contributed by atoms with Gasteiger partial charge in [-0.15, -0.1) is 11.3 Å². The molecule has 7 heteroatoms. The minimum Gasteiger partial charge on any atom is -0.497 e. The van der Waals surface area contributed by atoms with Gasteiger partial charge in [0.05, 0.1) is 18.9 Å². The first-order valence-corrected chi connectivity index (χ1v) is 8.22. The molecule has 0 saturated carbocycles. The van der Waals surface area contributed by atoms with Crippen molar-refractivity contribution in [3.8, 4) is 5.75 Å². The second-order valence-electron chi connectivity index (χ2n) is 5.43. The molecule has 0 saturated heterocycles. The smallest absolute Gasteiger partial charge is 0.259 e. The van der Waals surface area contributed by atoms with E-state index in [1.807, 2.05) is 13.8 Å². The molecule has 6 nitrogen and oxygen atoms in total. The standard InChI is InChI=1S/C17H17N3O3S/c1-9-10(2)24-17-15(9)16(22)19-13(20-17)8-14(21)18-11-4-6-12(23-3)7-5-11/h4-7H,8H2,1-3H3,(H,18,21)(H,19,20,22). The van der Waals surface area contributed by atoms with Crippen molar-refractivity contribution >= 4 is 33.1 Å². The molecule has 24 heavy (non-hydrogen) atoms. The Hall–Kier alpha value is -2.67. The minimum absolute atomic E-state index is 0.00715. The number of methoxy groups -OCH3 is 1. The third kappa shape index (κ3) is 3.16. The first-order valence-electron chi connectivity index (χ1n) is 7.40. The van der Waals surface area contributed by atoms with Crippen molar-refractivity contribution in [2.75, 3.05) is 12.4 Å². The lowest BCUT2D eigenvalue weighted by Crippen LogP contribution is -2.19. The molecule has 0 bridgehead atoms. The molecule has 3 rings (SSSR count). The average Bonchev–Trinajstić information content (AvgIpc) is 2.82. The van der Waals surface area contributed by atoms with Gasteiger partial charge >= 0.3 is 0 Å². The Morgan fingerprint density at radius 2 is 2.00 bits per heavy atom. The number of aromatic amines is 1. The van der Waals surface area contributed by atoms with E-state index in [1.54, 1.807) is 31.4 Å². The largest absolute Gasteiger partial charge is 0.497 e. The summed E-state index contributed by atoms with van der Waals surface area (Å²) in [6, 6.07) is 7.03. The number of nitrogens with one attached hydrogen (secondary N) is 2. The zero-order chi connectivity index (χ0) is 17.3. The summed E-state index contributed by atoms with van der Waals surface area (Å²) < 4.78 is 5.07. The number of aromatic nitrogens is 2. The molecule has 0 aliphatic carbocycles. The van der Waals surface area contributed by atoms with Crippen molar-refractivity contribution in [1.29, 1.82) is 0 Å². The van der Waals surface area contributed by atoms with Gasteiger partial charge in [-0.3, -0.25) is 9.59 Å². The van der Waals surface area contributed by atoms with Crippen molar-refractivity contribution in [2.24, 2.45) is 0 Å². The van der Waals surface area contributed by atoms with Crippen molar-refractivity contribution in [3.05, 3.63) is 50.9 Å². The van der Waals surface area contributed by atoms with Crippen LogP contribution in [-0.2, 0) is 11.2 Å². The SMILES string of the molecule is COc1ccc(NC(=O)Cc2nc3sc(C)c(C)c3c(=O)[nH]2)cc1. The van der Waals surface area contributed by atoms with Crippen LogP contribution >= 0.6 is 11.3 Å². The number of hydrogen-bond acceptors (Lipinski definition) is 5. The number of aryl methyl sites for hydroxylation is 2. The van der Waals surface area contributed by atoms with Crippen LogP contribution in [0.5, 0.6) is 5.75 Å². The molecule has 0 unspecified atom stereocenters. The van der Waals surface area contributed by atoms with Gasteiger partial charge in [0.2, 0.25) is 5.91 Å². The number of rotatable bonds is 4. The lowest BCUT2D eigenvalue weighted by atomic mass is 10.2. The maximum Gasteiger partial charge on any atom is 0.259 e. The average molecular weight is 343 g/mol. The number of thiophene rings is 1. The third-order valence-corrected chi connectivity index (χ3v) is 4.89. The molecule has 2 N–H and O–H groups in total.